The van der Waals surface area contributed by atoms with Crippen LogP contribution >= 0.6 is 0 Å². The molecule has 1 saturated heterocycles. The first-order valence-corrected chi connectivity index (χ1v) is 8.88. The van der Waals surface area contributed by atoms with Crippen LogP contribution < -0.4 is 14.8 Å². The van der Waals surface area contributed by atoms with Crippen LogP contribution in [-0.4, -0.2) is 49.7 Å². The molecule has 1 aromatic carbocycles. The Balaban J connectivity index is 1.95. The molecule has 1 amide bonds. The van der Waals surface area contributed by atoms with Crippen molar-refractivity contribution in [3.8, 4) is 11.5 Å². The fraction of sp³-hybridized carbons (Fsp3) is 0.632. The van der Waals surface area contributed by atoms with Crippen molar-refractivity contribution >= 4 is 5.91 Å². The molecule has 1 fully saturated rings. The Morgan fingerprint density at radius 2 is 2.17 bits per heavy atom. The molecule has 1 aromatic rings. The highest BCUT2D eigenvalue weighted by molar-refractivity contribution is 5.97. The quantitative estimate of drug-likeness (QED) is 0.832. The van der Waals surface area contributed by atoms with E-state index in [1.807, 2.05) is 13.8 Å². The van der Waals surface area contributed by atoms with Gasteiger partial charge in [0.2, 0.25) is 0 Å². The van der Waals surface area contributed by atoms with Gasteiger partial charge in [0.15, 0.2) is 0 Å². The van der Waals surface area contributed by atoms with Crippen LogP contribution in [0.25, 0.3) is 0 Å². The zero-order valence-corrected chi connectivity index (χ0v) is 15.3. The molecule has 24 heavy (non-hydrogen) atoms. The fourth-order valence-electron chi connectivity index (χ4n) is 3.07. The maximum absolute atomic E-state index is 12.5. The van der Waals surface area contributed by atoms with Gasteiger partial charge in [-0.3, -0.25) is 9.69 Å². The molecule has 1 atom stereocenters. The highest BCUT2D eigenvalue weighted by Gasteiger charge is 2.19. The van der Waals surface area contributed by atoms with Crippen molar-refractivity contribution in [3.63, 3.8) is 0 Å². The number of carbonyl (C=O) groups excluding carboxylic acids is 1. The van der Waals surface area contributed by atoms with E-state index in [9.17, 15) is 4.79 Å². The Labute approximate surface area is 145 Å². The van der Waals surface area contributed by atoms with Crippen molar-refractivity contribution in [2.45, 2.75) is 52.2 Å². The van der Waals surface area contributed by atoms with Crippen LogP contribution in [0.5, 0.6) is 11.5 Å². The molecule has 0 saturated carbocycles. The number of nitrogens with zero attached hydrogens (tertiary/aromatic N) is 1. The number of ether oxygens (including phenoxy) is 2. The van der Waals surface area contributed by atoms with Crippen molar-refractivity contribution in [3.05, 3.63) is 23.8 Å². The average molecular weight is 334 g/mol. The summed E-state index contributed by atoms with van der Waals surface area (Å²) in [6.45, 7) is 8.82. The molecule has 1 heterocycles. The second-order valence-electron chi connectivity index (χ2n) is 6.67. The highest BCUT2D eigenvalue weighted by atomic mass is 16.5. The number of likely N-dealkylation sites (tertiary alicyclic amines) is 1. The lowest BCUT2D eigenvalue weighted by atomic mass is 10.0. The number of amides is 1. The molecule has 0 radical (unpaired) electrons. The van der Waals surface area contributed by atoms with Gasteiger partial charge in [-0.2, -0.15) is 0 Å². The molecule has 1 N–H and O–H groups in total. The van der Waals surface area contributed by atoms with Gasteiger partial charge in [-0.15, -0.1) is 0 Å². The fourth-order valence-corrected chi connectivity index (χ4v) is 3.07. The number of rotatable bonds is 7. The number of benzene rings is 1. The summed E-state index contributed by atoms with van der Waals surface area (Å²) < 4.78 is 11.0. The lowest BCUT2D eigenvalue weighted by Gasteiger charge is -2.33. The van der Waals surface area contributed by atoms with Gasteiger partial charge in [-0.1, -0.05) is 6.42 Å². The summed E-state index contributed by atoms with van der Waals surface area (Å²) in [5.74, 6) is 1.15. The van der Waals surface area contributed by atoms with E-state index >= 15 is 0 Å². The van der Waals surface area contributed by atoms with Crippen LogP contribution in [-0.2, 0) is 0 Å². The number of piperidine rings is 1. The average Bonchev–Trinajstić information content (AvgIpc) is 2.55. The Morgan fingerprint density at radius 3 is 2.83 bits per heavy atom. The second kappa shape index (κ2) is 8.92. The minimum Gasteiger partial charge on any atom is -0.497 e. The molecule has 0 aliphatic carbocycles. The summed E-state index contributed by atoms with van der Waals surface area (Å²) in [5, 5.41) is 3.02. The first kappa shape index (κ1) is 18.6. The summed E-state index contributed by atoms with van der Waals surface area (Å²) in [6, 6.07) is 5.92. The summed E-state index contributed by atoms with van der Waals surface area (Å²) in [6.07, 6.45) is 3.81. The molecule has 0 spiro atoms. The van der Waals surface area contributed by atoms with Gasteiger partial charge in [0.05, 0.1) is 18.8 Å². The van der Waals surface area contributed by atoms with Crippen molar-refractivity contribution in [1.29, 1.82) is 0 Å². The van der Waals surface area contributed by atoms with Gasteiger partial charge in [-0.25, -0.2) is 0 Å². The lowest BCUT2D eigenvalue weighted by molar-refractivity contribution is 0.0932. The number of methoxy groups -OCH3 is 1. The molecule has 0 aromatic heterocycles. The van der Waals surface area contributed by atoms with E-state index in [1.54, 1.807) is 25.3 Å². The Hall–Kier alpha value is -1.75. The number of hydrogen-bond acceptors (Lipinski definition) is 4. The minimum absolute atomic E-state index is 0.00199. The first-order chi connectivity index (χ1) is 11.5. The van der Waals surface area contributed by atoms with Crippen molar-refractivity contribution in [1.82, 2.24) is 10.2 Å². The van der Waals surface area contributed by atoms with Crippen molar-refractivity contribution in [2.24, 2.45) is 0 Å². The molecule has 1 unspecified atom stereocenters. The summed E-state index contributed by atoms with van der Waals surface area (Å²) >= 11 is 0. The number of hydrogen-bond donors (Lipinski definition) is 1. The zero-order chi connectivity index (χ0) is 17.5. The van der Waals surface area contributed by atoms with Crippen LogP contribution in [0.1, 0.15) is 50.4 Å². The van der Waals surface area contributed by atoms with Gasteiger partial charge in [0.25, 0.3) is 5.91 Å². The lowest BCUT2D eigenvalue weighted by Crippen LogP contribution is -2.42. The Kier molecular flexibility index (Phi) is 6.91. The highest BCUT2D eigenvalue weighted by Crippen LogP contribution is 2.26. The molecule has 134 valence electrons. The topological polar surface area (TPSA) is 50.8 Å². The number of carbonyl (C=O) groups is 1. The molecule has 1 aliphatic rings. The van der Waals surface area contributed by atoms with Crippen molar-refractivity contribution < 1.29 is 14.3 Å². The van der Waals surface area contributed by atoms with E-state index < -0.39 is 0 Å². The maximum Gasteiger partial charge on any atom is 0.255 e. The molecule has 5 heteroatoms. The van der Waals surface area contributed by atoms with Crippen LogP contribution in [0.4, 0.5) is 0 Å². The standard InChI is InChI=1S/C19H30N2O3/c1-14(2)24-18-13-16(23-4)8-9-17(18)19(22)20-10-12-21-11-6-5-7-15(21)3/h8-9,13-15H,5-7,10-12H2,1-4H3,(H,20,22). The van der Waals surface area contributed by atoms with Crippen LogP contribution in [0.15, 0.2) is 18.2 Å². The first-order valence-electron chi connectivity index (χ1n) is 8.88. The van der Waals surface area contributed by atoms with Gasteiger partial charge in [-0.05, 0) is 52.3 Å². The van der Waals surface area contributed by atoms with Crippen LogP contribution in [0, 0.1) is 0 Å². The zero-order valence-electron chi connectivity index (χ0n) is 15.3. The van der Waals surface area contributed by atoms with E-state index in [4.69, 9.17) is 9.47 Å². The summed E-state index contributed by atoms with van der Waals surface area (Å²) in [7, 11) is 1.61. The molecule has 5 nitrogen and oxygen atoms in total. The molecule has 1 aliphatic heterocycles. The molecule has 2 rings (SSSR count). The SMILES string of the molecule is COc1ccc(C(=O)NCCN2CCCCC2C)c(OC(C)C)c1. The predicted molar refractivity (Wildman–Crippen MR) is 96.0 cm³/mol. The second-order valence-corrected chi connectivity index (χ2v) is 6.67. The van der Waals surface area contributed by atoms with E-state index in [0.29, 0.717) is 29.6 Å². The minimum atomic E-state index is -0.0991. The normalized spacial score (nSPS) is 18.5. The predicted octanol–water partition coefficient (Wildman–Crippen LogP) is 3.09. The van der Waals surface area contributed by atoms with Gasteiger partial charge in [0.1, 0.15) is 11.5 Å². The largest absolute Gasteiger partial charge is 0.497 e. The monoisotopic (exact) mass is 334 g/mol. The van der Waals surface area contributed by atoms with E-state index in [1.165, 1.54) is 19.3 Å². The van der Waals surface area contributed by atoms with Gasteiger partial charge in [0, 0.05) is 25.2 Å². The molecular weight excluding hydrogens is 304 g/mol. The van der Waals surface area contributed by atoms with Crippen LogP contribution in [0.2, 0.25) is 0 Å². The van der Waals surface area contributed by atoms with E-state index in [-0.39, 0.29) is 12.0 Å². The van der Waals surface area contributed by atoms with Gasteiger partial charge >= 0.3 is 0 Å². The van der Waals surface area contributed by atoms with Crippen molar-refractivity contribution in [2.75, 3.05) is 26.7 Å². The molecular formula is C19H30N2O3. The third kappa shape index (κ3) is 5.13. The van der Waals surface area contributed by atoms with Crippen LogP contribution in [0.3, 0.4) is 0 Å². The molecule has 0 bridgehead atoms. The third-order valence-corrected chi connectivity index (χ3v) is 4.42. The smallest absolute Gasteiger partial charge is 0.255 e. The van der Waals surface area contributed by atoms with Gasteiger partial charge < -0.3 is 14.8 Å². The third-order valence-electron chi connectivity index (χ3n) is 4.42. The Bertz CT molecular complexity index is 545. The Morgan fingerprint density at radius 1 is 1.38 bits per heavy atom. The summed E-state index contributed by atoms with van der Waals surface area (Å²) in [4.78, 5) is 15.0. The maximum atomic E-state index is 12.5. The van der Waals surface area contributed by atoms with E-state index in [0.717, 1.165) is 13.1 Å². The van der Waals surface area contributed by atoms with E-state index in [2.05, 4.69) is 17.1 Å². The number of nitrogens with one attached hydrogen (secondary N) is 1. The summed E-state index contributed by atoms with van der Waals surface area (Å²) in [5.41, 5.74) is 0.552.